The number of fused-ring (bicyclic) bond motifs is 1. The van der Waals surface area contributed by atoms with Crippen molar-refractivity contribution in [3.05, 3.63) is 42.0 Å². The van der Waals surface area contributed by atoms with E-state index in [0.29, 0.717) is 19.7 Å². The fourth-order valence-corrected chi connectivity index (χ4v) is 2.93. The number of morpholine rings is 1. The molecule has 0 spiro atoms. The van der Waals surface area contributed by atoms with E-state index in [1.165, 1.54) is 0 Å². The van der Waals surface area contributed by atoms with Crippen LogP contribution in [0, 0.1) is 0 Å². The van der Waals surface area contributed by atoms with Crippen molar-refractivity contribution in [3.8, 4) is 5.75 Å². The average molecular weight is 327 g/mol. The molecule has 0 aromatic heterocycles. The summed E-state index contributed by atoms with van der Waals surface area (Å²) >= 11 is 0. The number of carbonyl (C=O) groups is 2. The van der Waals surface area contributed by atoms with Gasteiger partial charge in [-0.2, -0.15) is 0 Å². The number of Topliss-reactive ketones (excluding diaryl/α,β-unsaturated/α-hetero) is 1. The molecule has 1 atom stereocenters. The molecule has 0 N–H and O–H groups in total. The molecule has 1 amide bonds. The zero-order valence-corrected chi connectivity index (χ0v) is 14.0. The number of rotatable bonds is 4. The first kappa shape index (κ1) is 16.5. The molecule has 1 aliphatic heterocycles. The van der Waals surface area contributed by atoms with E-state index in [0.717, 1.165) is 22.1 Å². The van der Waals surface area contributed by atoms with E-state index in [-0.39, 0.29) is 18.3 Å². The van der Waals surface area contributed by atoms with Crippen LogP contribution in [-0.2, 0) is 14.3 Å². The zero-order valence-electron chi connectivity index (χ0n) is 14.0. The van der Waals surface area contributed by atoms with E-state index in [9.17, 15) is 9.59 Å². The SMILES string of the molecule is CCC(=O)C(=O)N1CCO[C@@H](c2ccc3cc(OC)ccc3c2)C1. The van der Waals surface area contributed by atoms with Gasteiger partial charge in [-0.05, 0) is 34.5 Å². The standard InChI is InChI=1S/C19H21NO4/c1-3-17(21)19(22)20-8-9-24-18(12-20)15-5-4-14-11-16(23-2)7-6-13(14)10-15/h4-7,10-11,18H,3,8-9,12H2,1-2H3/t18-/m1/s1. The third kappa shape index (κ3) is 3.26. The van der Waals surface area contributed by atoms with E-state index < -0.39 is 5.91 Å². The molecule has 1 heterocycles. The predicted molar refractivity (Wildman–Crippen MR) is 91.1 cm³/mol. The molecule has 0 aliphatic carbocycles. The molecule has 1 fully saturated rings. The molecule has 1 aliphatic rings. The van der Waals surface area contributed by atoms with Crippen molar-refractivity contribution in [1.29, 1.82) is 0 Å². The molecule has 0 saturated carbocycles. The zero-order chi connectivity index (χ0) is 17.1. The Balaban J connectivity index is 1.81. The summed E-state index contributed by atoms with van der Waals surface area (Å²) in [6.45, 7) is 3.02. The monoisotopic (exact) mass is 327 g/mol. The Morgan fingerprint density at radius 2 is 1.96 bits per heavy atom. The number of hydrogen-bond donors (Lipinski definition) is 0. The van der Waals surface area contributed by atoms with Crippen LogP contribution in [0.15, 0.2) is 36.4 Å². The van der Waals surface area contributed by atoms with Crippen molar-refractivity contribution in [2.24, 2.45) is 0 Å². The molecule has 24 heavy (non-hydrogen) atoms. The van der Waals surface area contributed by atoms with Crippen molar-refractivity contribution in [2.75, 3.05) is 26.8 Å². The Kier molecular flexibility index (Phi) is 4.81. The Bertz CT molecular complexity index is 771. The lowest BCUT2D eigenvalue weighted by molar-refractivity contribution is -0.149. The first-order valence-corrected chi connectivity index (χ1v) is 8.13. The summed E-state index contributed by atoms with van der Waals surface area (Å²) in [6, 6.07) is 12.0. The number of nitrogens with zero attached hydrogens (tertiary/aromatic N) is 1. The maximum absolute atomic E-state index is 12.1. The van der Waals surface area contributed by atoms with Crippen LogP contribution >= 0.6 is 0 Å². The summed E-state index contributed by atoms with van der Waals surface area (Å²) in [4.78, 5) is 25.3. The molecular weight excluding hydrogens is 306 g/mol. The van der Waals surface area contributed by atoms with Gasteiger partial charge in [0, 0.05) is 13.0 Å². The maximum atomic E-state index is 12.1. The molecule has 0 radical (unpaired) electrons. The Labute approximate surface area is 141 Å². The number of ether oxygens (including phenoxy) is 2. The highest BCUT2D eigenvalue weighted by Gasteiger charge is 2.28. The Morgan fingerprint density at radius 3 is 2.71 bits per heavy atom. The van der Waals surface area contributed by atoms with Crippen molar-refractivity contribution in [3.63, 3.8) is 0 Å². The summed E-state index contributed by atoms with van der Waals surface area (Å²) in [6.07, 6.45) is 0.0254. The second-order valence-corrected chi connectivity index (χ2v) is 5.86. The van der Waals surface area contributed by atoms with Crippen LogP contribution in [0.25, 0.3) is 10.8 Å². The van der Waals surface area contributed by atoms with Crippen LogP contribution in [0.5, 0.6) is 5.75 Å². The van der Waals surface area contributed by atoms with Gasteiger partial charge >= 0.3 is 0 Å². The molecule has 126 valence electrons. The van der Waals surface area contributed by atoms with E-state index in [4.69, 9.17) is 9.47 Å². The lowest BCUT2D eigenvalue weighted by Gasteiger charge is -2.32. The van der Waals surface area contributed by atoms with E-state index in [1.807, 2.05) is 30.3 Å². The van der Waals surface area contributed by atoms with Crippen LogP contribution in [-0.4, -0.2) is 43.4 Å². The topological polar surface area (TPSA) is 55.8 Å². The second-order valence-electron chi connectivity index (χ2n) is 5.86. The molecule has 5 nitrogen and oxygen atoms in total. The van der Waals surface area contributed by atoms with Crippen LogP contribution in [0.4, 0.5) is 0 Å². The summed E-state index contributed by atoms with van der Waals surface area (Å²) in [7, 11) is 1.65. The summed E-state index contributed by atoms with van der Waals surface area (Å²) in [5.41, 5.74) is 1.01. The van der Waals surface area contributed by atoms with Gasteiger partial charge in [-0.15, -0.1) is 0 Å². The highest BCUT2D eigenvalue weighted by Crippen LogP contribution is 2.28. The van der Waals surface area contributed by atoms with Gasteiger partial charge in [0.1, 0.15) is 11.9 Å². The van der Waals surface area contributed by atoms with Crippen molar-refractivity contribution in [1.82, 2.24) is 4.90 Å². The third-order valence-corrected chi connectivity index (χ3v) is 4.36. The third-order valence-electron chi connectivity index (χ3n) is 4.36. The van der Waals surface area contributed by atoms with Crippen molar-refractivity contribution >= 4 is 22.5 Å². The van der Waals surface area contributed by atoms with Gasteiger partial charge in [0.2, 0.25) is 5.78 Å². The molecule has 0 bridgehead atoms. The number of ketones is 1. The Morgan fingerprint density at radius 1 is 1.21 bits per heavy atom. The smallest absolute Gasteiger partial charge is 0.290 e. The predicted octanol–water partition coefficient (Wildman–Crippen LogP) is 2.73. The Hall–Kier alpha value is -2.40. The number of benzene rings is 2. The fourth-order valence-electron chi connectivity index (χ4n) is 2.93. The van der Waals surface area contributed by atoms with Crippen LogP contribution in [0.3, 0.4) is 0 Å². The van der Waals surface area contributed by atoms with Crippen LogP contribution in [0.1, 0.15) is 25.0 Å². The van der Waals surface area contributed by atoms with Crippen molar-refractivity contribution in [2.45, 2.75) is 19.4 Å². The highest BCUT2D eigenvalue weighted by atomic mass is 16.5. The normalized spacial score (nSPS) is 17.8. The quantitative estimate of drug-likeness (QED) is 0.810. The first-order valence-electron chi connectivity index (χ1n) is 8.13. The molecule has 0 unspecified atom stereocenters. The van der Waals surface area contributed by atoms with Gasteiger partial charge in [-0.1, -0.05) is 25.1 Å². The summed E-state index contributed by atoms with van der Waals surface area (Å²) in [5, 5.41) is 2.17. The fraction of sp³-hybridized carbons (Fsp3) is 0.368. The molecule has 3 rings (SSSR count). The minimum Gasteiger partial charge on any atom is -0.497 e. The highest BCUT2D eigenvalue weighted by molar-refractivity contribution is 6.35. The average Bonchev–Trinajstić information content (AvgIpc) is 2.65. The van der Waals surface area contributed by atoms with E-state index >= 15 is 0 Å². The molecule has 2 aromatic carbocycles. The van der Waals surface area contributed by atoms with Gasteiger partial charge in [0.15, 0.2) is 0 Å². The molecular formula is C19H21NO4. The van der Waals surface area contributed by atoms with Crippen LogP contribution < -0.4 is 4.74 Å². The van der Waals surface area contributed by atoms with Gasteiger partial charge in [-0.3, -0.25) is 9.59 Å². The second kappa shape index (κ2) is 7.01. The van der Waals surface area contributed by atoms with Gasteiger partial charge in [-0.25, -0.2) is 0 Å². The van der Waals surface area contributed by atoms with Gasteiger partial charge in [0.25, 0.3) is 5.91 Å². The summed E-state index contributed by atoms with van der Waals surface area (Å²) in [5.74, 6) is 0.0663. The first-order chi connectivity index (χ1) is 11.6. The maximum Gasteiger partial charge on any atom is 0.290 e. The van der Waals surface area contributed by atoms with Crippen molar-refractivity contribution < 1.29 is 19.1 Å². The lowest BCUT2D eigenvalue weighted by atomic mass is 10.0. The van der Waals surface area contributed by atoms with Gasteiger partial charge < -0.3 is 14.4 Å². The minimum atomic E-state index is -0.406. The largest absolute Gasteiger partial charge is 0.497 e. The lowest BCUT2D eigenvalue weighted by Crippen LogP contribution is -2.45. The summed E-state index contributed by atoms with van der Waals surface area (Å²) < 4.78 is 11.1. The van der Waals surface area contributed by atoms with E-state index in [1.54, 1.807) is 18.9 Å². The van der Waals surface area contributed by atoms with Gasteiger partial charge in [0.05, 0.1) is 20.3 Å². The van der Waals surface area contributed by atoms with E-state index in [2.05, 4.69) is 6.07 Å². The number of methoxy groups -OCH3 is 1. The molecule has 2 aromatic rings. The number of carbonyl (C=O) groups excluding carboxylic acids is 2. The number of hydrogen-bond acceptors (Lipinski definition) is 4. The minimum absolute atomic E-state index is 0.209. The molecule has 5 heteroatoms. The molecule has 1 saturated heterocycles. The van der Waals surface area contributed by atoms with Crippen LogP contribution in [0.2, 0.25) is 0 Å². The number of amides is 1.